The molecule has 0 aliphatic carbocycles. The highest BCUT2D eigenvalue weighted by Crippen LogP contribution is 2.46. The van der Waals surface area contributed by atoms with Gasteiger partial charge < -0.3 is 10.1 Å². The molecule has 0 aromatic carbocycles. The summed E-state index contributed by atoms with van der Waals surface area (Å²) in [5.41, 5.74) is 0. The molecule has 0 unspecified atom stereocenters. The lowest BCUT2D eigenvalue weighted by atomic mass is 10.1. The van der Waals surface area contributed by atoms with Crippen LogP contribution in [0.2, 0.25) is 14.4 Å². The highest BCUT2D eigenvalue weighted by atomic mass is 35.5. The number of halogens is 3. The summed E-state index contributed by atoms with van der Waals surface area (Å²) in [6.45, 7) is 1.96. The van der Waals surface area contributed by atoms with Gasteiger partial charge >= 0.3 is 0 Å². The average molecular weight is 287 g/mol. The first-order chi connectivity index (χ1) is 7.18. The van der Waals surface area contributed by atoms with Gasteiger partial charge in [0.05, 0.1) is 5.02 Å². The molecule has 1 aliphatic rings. The van der Waals surface area contributed by atoms with Gasteiger partial charge in [0.2, 0.25) is 0 Å². The average Bonchev–Trinajstić information content (AvgIpc) is 2.48. The van der Waals surface area contributed by atoms with Crippen LogP contribution in [0.3, 0.4) is 0 Å². The molecule has 0 spiro atoms. The van der Waals surface area contributed by atoms with Gasteiger partial charge in [-0.2, -0.15) is 0 Å². The number of rotatable bonds is 2. The quantitative estimate of drug-likeness (QED) is 0.892. The Morgan fingerprint density at radius 1 is 1.13 bits per heavy atom. The van der Waals surface area contributed by atoms with E-state index in [1.54, 1.807) is 0 Å². The summed E-state index contributed by atoms with van der Waals surface area (Å²) < 4.78 is 6.26. The molecule has 6 heteroatoms. The number of hydrogen-bond acceptors (Lipinski definition) is 3. The molecular formula is C9H10Cl3NOS. The molecule has 0 atom stereocenters. The zero-order valence-electron chi connectivity index (χ0n) is 7.86. The third-order valence-corrected chi connectivity index (χ3v) is 4.73. The molecule has 2 heterocycles. The predicted molar refractivity (Wildman–Crippen MR) is 65.9 cm³/mol. The lowest BCUT2D eigenvalue weighted by Crippen LogP contribution is -2.34. The minimum atomic E-state index is 0.217. The van der Waals surface area contributed by atoms with Crippen molar-refractivity contribution in [3.63, 3.8) is 0 Å². The van der Waals surface area contributed by atoms with Crippen LogP contribution in [-0.2, 0) is 0 Å². The SMILES string of the molecule is Clc1sc(OC2CCNCC2)c(Cl)c1Cl. The molecule has 1 aliphatic heterocycles. The molecule has 1 N–H and O–H groups in total. The molecule has 1 saturated heterocycles. The third-order valence-electron chi connectivity index (χ3n) is 2.29. The second-order valence-electron chi connectivity index (χ2n) is 3.36. The van der Waals surface area contributed by atoms with Crippen molar-refractivity contribution in [1.29, 1.82) is 0 Å². The van der Waals surface area contributed by atoms with Gasteiger partial charge in [-0.25, -0.2) is 0 Å². The molecule has 2 nitrogen and oxygen atoms in total. The molecule has 0 bridgehead atoms. The normalized spacial score (nSPS) is 18.1. The van der Waals surface area contributed by atoms with E-state index in [4.69, 9.17) is 39.5 Å². The van der Waals surface area contributed by atoms with Gasteiger partial charge in [-0.3, -0.25) is 0 Å². The van der Waals surface area contributed by atoms with E-state index >= 15 is 0 Å². The Morgan fingerprint density at radius 3 is 2.33 bits per heavy atom. The fraction of sp³-hybridized carbons (Fsp3) is 0.556. The standard InChI is InChI=1S/C9H10Cl3NOS/c10-6-7(11)9(15-8(6)12)14-5-1-3-13-4-2-5/h5,13H,1-4H2. The molecular weight excluding hydrogens is 277 g/mol. The summed E-state index contributed by atoms with van der Waals surface area (Å²) in [5.74, 6) is 0. The van der Waals surface area contributed by atoms with Crippen LogP contribution < -0.4 is 10.1 Å². The van der Waals surface area contributed by atoms with E-state index in [-0.39, 0.29) is 6.10 Å². The van der Waals surface area contributed by atoms with Crippen molar-refractivity contribution in [1.82, 2.24) is 5.32 Å². The van der Waals surface area contributed by atoms with E-state index in [0.29, 0.717) is 19.4 Å². The maximum atomic E-state index is 5.99. The Morgan fingerprint density at radius 2 is 1.80 bits per heavy atom. The molecule has 84 valence electrons. The lowest BCUT2D eigenvalue weighted by molar-refractivity contribution is 0.168. The van der Waals surface area contributed by atoms with Crippen LogP contribution in [0, 0.1) is 0 Å². The number of thiophene rings is 1. The van der Waals surface area contributed by atoms with Crippen molar-refractivity contribution < 1.29 is 4.74 Å². The number of ether oxygens (including phenoxy) is 1. The highest BCUT2D eigenvalue weighted by molar-refractivity contribution is 7.19. The fourth-order valence-corrected chi connectivity index (χ4v) is 3.14. The van der Waals surface area contributed by atoms with Gasteiger partial charge in [0, 0.05) is 0 Å². The number of piperidine rings is 1. The first-order valence-electron chi connectivity index (χ1n) is 4.69. The van der Waals surface area contributed by atoms with Crippen molar-refractivity contribution in [3.8, 4) is 5.06 Å². The molecule has 15 heavy (non-hydrogen) atoms. The zero-order valence-corrected chi connectivity index (χ0v) is 10.9. The van der Waals surface area contributed by atoms with Gasteiger partial charge in [0.25, 0.3) is 0 Å². The first kappa shape index (κ1) is 11.8. The largest absolute Gasteiger partial charge is 0.479 e. The monoisotopic (exact) mass is 285 g/mol. The van der Waals surface area contributed by atoms with E-state index in [0.717, 1.165) is 25.9 Å². The van der Waals surface area contributed by atoms with Crippen LogP contribution in [0.15, 0.2) is 0 Å². The summed E-state index contributed by atoms with van der Waals surface area (Å²) >= 11 is 19.0. The molecule has 2 rings (SSSR count). The van der Waals surface area contributed by atoms with Crippen LogP contribution in [0.5, 0.6) is 5.06 Å². The topological polar surface area (TPSA) is 21.3 Å². The van der Waals surface area contributed by atoms with E-state index in [1.807, 2.05) is 0 Å². The van der Waals surface area contributed by atoms with E-state index < -0.39 is 0 Å². The van der Waals surface area contributed by atoms with Gasteiger partial charge in [-0.15, -0.1) is 0 Å². The zero-order chi connectivity index (χ0) is 10.8. The van der Waals surface area contributed by atoms with Gasteiger partial charge in [0.1, 0.15) is 15.5 Å². The smallest absolute Gasteiger partial charge is 0.196 e. The van der Waals surface area contributed by atoms with Crippen molar-refractivity contribution in [2.45, 2.75) is 18.9 Å². The molecule has 0 amide bonds. The Labute approximate surface area is 107 Å². The fourth-order valence-electron chi connectivity index (χ4n) is 1.49. The maximum absolute atomic E-state index is 5.99. The summed E-state index contributed by atoms with van der Waals surface area (Å²) in [6.07, 6.45) is 2.20. The van der Waals surface area contributed by atoms with Gasteiger partial charge in [0.15, 0.2) is 5.06 Å². The van der Waals surface area contributed by atoms with Crippen molar-refractivity contribution in [2.24, 2.45) is 0 Å². The first-order valence-corrected chi connectivity index (χ1v) is 6.64. The van der Waals surface area contributed by atoms with Crippen LogP contribution in [0.25, 0.3) is 0 Å². The summed E-state index contributed by atoms with van der Waals surface area (Å²) in [5, 5.41) is 4.74. The Kier molecular flexibility index (Phi) is 4.02. The molecule has 1 fully saturated rings. The predicted octanol–water partition coefficient (Wildman–Crippen LogP) is 3.84. The van der Waals surface area contributed by atoms with Crippen LogP contribution in [0.4, 0.5) is 0 Å². The van der Waals surface area contributed by atoms with Crippen molar-refractivity contribution in [2.75, 3.05) is 13.1 Å². The highest BCUT2D eigenvalue weighted by Gasteiger charge is 2.20. The van der Waals surface area contributed by atoms with E-state index in [1.165, 1.54) is 11.3 Å². The van der Waals surface area contributed by atoms with Crippen LogP contribution >= 0.6 is 46.1 Å². The molecule has 0 radical (unpaired) electrons. The minimum absolute atomic E-state index is 0.217. The molecule has 1 aromatic rings. The summed E-state index contributed by atoms with van der Waals surface area (Å²) in [7, 11) is 0. The Bertz CT molecular complexity index is 349. The number of nitrogens with one attached hydrogen (secondary N) is 1. The summed E-state index contributed by atoms with van der Waals surface area (Å²) in [6, 6.07) is 0. The second-order valence-corrected chi connectivity index (χ2v) is 5.70. The van der Waals surface area contributed by atoms with Crippen LogP contribution in [0.1, 0.15) is 12.8 Å². The van der Waals surface area contributed by atoms with Crippen LogP contribution in [-0.4, -0.2) is 19.2 Å². The van der Waals surface area contributed by atoms with Gasteiger partial charge in [-0.1, -0.05) is 46.1 Å². The maximum Gasteiger partial charge on any atom is 0.196 e. The second kappa shape index (κ2) is 5.11. The van der Waals surface area contributed by atoms with Crippen molar-refractivity contribution in [3.05, 3.63) is 14.4 Å². The Balaban J connectivity index is 2.06. The molecule has 1 aromatic heterocycles. The van der Waals surface area contributed by atoms with Crippen molar-refractivity contribution >= 4 is 46.1 Å². The third kappa shape index (κ3) is 2.71. The minimum Gasteiger partial charge on any atom is -0.479 e. The van der Waals surface area contributed by atoms with E-state index in [2.05, 4.69) is 5.32 Å². The lowest BCUT2D eigenvalue weighted by Gasteiger charge is -2.23. The van der Waals surface area contributed by atoms with Gasteiger partial charge in [-0.05, 0) is 25.9 Å². The summed E-state index contributed by atoms with van der Waals surface area (Å²) in [4.78, 5) is 0. The number of hydrogen-bond donors (Lipinski definition) is 1. The Hall–Kier alpha value is 0.330. The van der Waals surface area contributed by atoms with E-state index in [9.17, 15) is 0 Å². The molecule has 0 saturated carbocycles.